The maximum atomic E-state index is 10.3. The monoisotopic (exact) mass is 243 g/mol. The second-order valence-electron chi connectivity index (χ2n) is 2.72. The van der Waals surface area contributed by atoms with Crippen molar-refractivity contribution < 1.29 is 19.8 Å². The lowest BCUT2D eigenvalue weighted by molar-refractivity contribution is -0.140. The van der Waals surface area contributed by atoms with Crippen LogP contribution in [-0.4, -0.2) is 39.7 Å². The van der Waals surface area contributed by atoms with Gasteiger partial charge in [0, 0.05) is 11.5 Å². The minimum absolute atomic E-state index is 0. The topological polar surface area (TPSA) is 101 Å². The van der Waals surface area contributed by atoms with E-state index in [1.165, 1.54) is 11.8 Å². The highest BCUT2D eigenvalue weighted by molar-refractivity contribution is 7.99. The molecule has 1 unspecified atom stereocenters. The molecule has 4 N–H and O–H groups in total. The number of carboxylic acid groups (broad SMARTS) is 2. The molecule has 0 rings (SSSR count). The number of halogens is 1. The third kappa shape index (κ3) is 6.99. The normalized spacial score (nSPS) is 13.9. The molecule has 0 fully saturated rings. The number of nitrogens with two attached hydrogens (primary N) is 1. The predicted octanol–water partition coefficient (Wildman–Crippen LogP) is 0.274. The van der Waals surface area contributed by atoms with E-state index in [1.807, 2.05) is 0 Å². The van der Waals surface area contributed by atoms with Gasteiger partial charge in [-0.3, -0.25) is 9.59 Å². The van der Waals surface area contributed by atoms with E-state index in [-0.39, 0.29) is 18.2 Å². The second-order valence-corrected chi connectivity index (χ2v) is 3.80. The smallest absolute Gasteiger partial charge is 0.321 e. The van der Waals surface area contributed by atoms with Crippen LogP contribution in [0.4, 0.5) is 0 Å². The molecule has 5 nitrogen and oxygen atoms in total. The van der Waals surface area contributed by atoms with Gasteiger partial charge < -0.3 is 15.9 Å². The molecule has 84 valence electrons. The first-order chi connectivity index (χ1) is 5.95. The van der Waals surface area contributed by atoms with Gasteiger partial charge in [0.15, 0.2) is 0 Å². The van der Waals surface area contributed by atoms with Crippen molar-refractivity contribution in [3.8, 4) is 0 Å². The third-order valence-electron chi connectivity index (χ3n) is 1.40. The largest absolute Gasteiger partial charge is 0.481 e. The van der Waals surface area contributed by atoms with Gasteiger partial charge in [0.25, 0.3) is 0 Å². The van der Waals surface area contributed by atoms with Crippen molar-refractivity contribution in [3.63, 3.8) is 0 Å². The number of hydrogen-bond acceptors (Lipinski definition) is 4. The van der Waals surface area contributed by atoms with Crippen molar-refractivity contribution in [1.29, 1.82) is 0 Å². The van der Waals surface area contributed by atoms with Crippen molar-refractivity contribution in [1.82, 2.24) is 0 Å². The molecule has 0 amide bonds. The SMILES string of the molecule is CC(CSC[C@H](N)C(=O)O)C(=O)O.Cl. The molecule has 14 heavy (non-hydrogen) atoms. The summed E-state index contributed by atoms with van der Waals surface area (Å²) in [5.41, 5.74) is 5.21. The lowest BCUT2D eigenvalue weighted by atomic mass is 10.2. The number of carboxylic acids is 2. The second kappa shape index (κ2) is 7.90. The van der Waals surface area contributed by atoms with Gasteiger partial charge >= 0.3 is 11.9 Å². The van der Waals surface area contributed by atoms with Crippen molar-refractivity contribution in [2.45, 2.75) is 13.0 Å². The van der Waals surface area contributed by atoms with Crippen LogP contribution in [0.1, 0.15) is 6.92 Å². The van der Waals surface area contributed by atoms with Crippen molar-refractivity contribution in [2.24, 2.45) is 11.7 Å². The zero-order valence-electron chi connectivity index (χ0n) is 7.67. The number of carbonyl (C=O) groups is 2. The first-order valence-electron chi connectivity index (χ1n) is 3.74. The average Bonchev–Trinajstić information content (AvgIpc) is 2.03. The van der Waals surface area contributed by atoms with E-state index in [4.69, 9.17) is 15.9 Å². The van der Waals surface area contributed by atoms with Gasteiger partial charge in [-0.2, -0.15) is 11.8 Å². The zero-order chi connectivity index (χ0) is 10.4. The van der Waals surface area contributed by atoms with Gasteiger partial charge in [-0.15, -0.1) is 12.4 Å². The maximum absolute atomic E-state index is 10.3. The predicted molar refractivity (Wildman–Crippen MR) is 57.0 cm³/mol. The minimum atomic E-state index is -1.06. The van der Waals surface area contributed by atoms with Crippen LogP contribution in [0.3, 0.4) is 0 Å². The van der Waals surface area contributed by atoms with Crippen molar-refractivity contribution in [3.05, 3.63) is 0 Å². The molecule has 0 saturated carbocycles. The van der Waals surface area contributed by atoms with Gasteiger partial charge in [0.1, 0.15) is 6.04 Å². The van der Waals surface area contributed by atoms with Gasteiger partial charge in [-0.25, -0.2) is 0 Å². The van der Waals surface area contributed by atoms with Crippen LogP contribution in [0.5, 0.6) is 0 Å². The molecule has 7 heteroatoms. The third-order valence-corrected chi connectivity index (χ3v) is 2.73. The molecule has 0 bridgehead atoms. The zero-order valence-corrected chi connectivity index (χ0v) is 9.31. The van der Waals surface area contributed by atoms with Crippen molar-refractivity contribution in [2.75, 3.05) is 11.5 Å². The molecule has 0 aromatic rings. The Balaban J connectivity index is 0. The summed E-state index contributed by atoms with van der Waals surface area (Å²) in [4.78, 5) is 20.6. The highest BCUT2D eigenvalue weighted by Gasteiger charge is 2.14. The van der Waals surface area contributed by atoms with E-state index in [0.717, 1.165) is 0 Å². The van der Waals surface area contributed by atoms with Crippen LogP contribution in [-0.2, 0) is 9.59 Å². The molecular formula is C7H14ClNO4S. The molecule has 0 aliphatic rings. The molecule has 0 aromatic carbocycles. The lowest BCUT2D eigenvalue weighted by Gasteiger charge is -2.07. The fourth-order valence-corrected chi connectivity index (χ4v) is 1.54. The van der Waals surface area contributed by atoms with Crippen LogP contribution in [0, 0.1) is 5.92 Å². The summed E-state index contributed by atoms with van der Waals surface area (Å²) in [5, 5.41) is 16.9. The standard InChI is InChI=1S/C7H13NO4S.ClH/c1-4(6(9)10)2-13-3-5(8)7(11)12;/h4-5H,2-3,8H2,1H3,(H,9,10)(H,11,12);1H/t4?,5-;/m0./s1. The molecular weight excluding hydrogens is 230 g/mol. The minimum Gasteiger partial charge on any atom is -0.481 e. The summed E-state index contributed by atoms with van der Waals surface area (Å²) in [6.45, 7) is 1.57. The average molecular weight is 244 g/mol. The number of rotatable bonds is 6. The molecule has 0 saturated heterocycles. The van der Waals surface area contributed by atoms with E-state index < -0.39 is 23.9 Å². The Bertz CT molecular complexity index is 182. The van der Waals surface area contributed by atoms with Crippen LogP contribution in [0.25, 0.3) is 0 Å². The van der Waals surface area contributed by atoms with Gasteiger partial charge in [-0.05, 0) is 0 Å². The molecule has 0 radical (unpaired) electrons. The van der Waals surface area contributed by atoms with Crippen LogP contribution in [0.15, 0.2) is 0 Å². The van der Waals surface area contributed by atoms with E-state index in [1.54, 1.807) is 6.92 Å². The summed E-state index contributed by atoms with van der Waals surface area (Å²) in [5.74, 6) is -1.78. The van der Waals surface area contributed by atoms with Crippen LogP contribution in [0.2, 0.25) is 0 Å². The van der Waals surface area contributed by atoms with Gasteiger partial charge in [0.2, 0.25) is 0 Å². The summed E-state index contributed by atoms with van der Waals surface area (Å²) < 4.78 is 0. The van der Waals surface area contributed by atoms with E-state index >= 15 is 0 Å². The molecule has 0 heterocycles. The molecule has 0 aliphatic carbocycles. The molecule has 0 aliphatic heterocycles. The van der Waals surface area contributed by atoms with Crippen LogP contribution >= 0.6 is 24.2 Å². The van der Waals surface area contributed by atoms with E-state index in [2.05, 4.69) is 0 Å². The van der Waals surface area contributed by atoms with Crippen LogP contribution < -0.4 is 5.73 Å². The number of thioether (sulfide) groups is 1. The van der Waals surface area contributed by atoms with Gasteiger partial charge in [-0.1, -0.05) is 6.92 Å². The molecule has 2 atom stereocenters. The Kier molecular flexibility index (Phi) is 9.02. The highest BCUT2D eigenvalue weighted by atomic mass is 35.5. The summed E-state index contributed by atoms with van der Waals surface area (Å²) in [7, 11) is 0. The summed E-state index contributed by atoms with van der Waals surface area (Å²) in [6.07, 6.45) is 0. The first kappa shape index (κ1) is 16.0. The fraction of sp³-hybridized carbons (Fsp3) is 0.714. The van der Waals surface area contributed by atoms with Gasteiger partial charge in [0.05, 0.1) is 5.92 Å². The number of aliphatic carboxylic acids is 2. The Morgan fingerprint density at radius 2 is 1.79 bits per heavy atom. The highest BCUT2D eigenvalue weighted by Crippen LogP contribution is 2.09. The quantitative estimate of drug-likeness (QED) is 0.619. The Morgan fingerprint density at radius 3 is 2.14 bits per heavy atom. The van der Waals surface area contributed by atoms with Crippen molar-refractivity contribution >= 4 is 36.1 Å². The Labute approximate surface area is 92.5 Å². The summed E-state index contributed by atoms with van der Waals surface area (Å²) in [6, 6.07) is -0.911. The first-order valence-corrected chi connectivity index (χ1v) is 4.89. The lowest BCUT2D eigenvalue weighted by Crippen LogP contribution is -2.32. The number of hydrogen-bond donors (Lipinski definition) is 3. The fourth-order valence-electron chi connectivity index (χ4n) is 0.514. The van der Waals surface area contributed by atoms with E-state index in [9.17, 15) is 9.59 Å². The molecule has 0 aromatic heterocycles. The Hall–Kier alpha value is -0.460. The molecule has 0 spiro atoms. The van der Waals surface area contributed by atoms with E-state index in [0.29, 0.717) is 5.75 Å². The Morgan fingerprint density at radius 1 is 1.29 bits per heavy atom. The summed E-state index contributed by atoms with van der Waals surface area (Å²) >= 11 is 1.24. The maximum Gasteiger partial charge on any atom is 0.321 e.